The second-order valence-electron chi connectivity index (χ2n) is 5.25. The summed E-state index contributed by atoms with van der Waals surface area (Å²) in [6.07, 6.45) is 15.3. The summed E-state index contributed by atoms with van der Waals surface area (Å²) in [6.45, 7) is 0. The standard InChI is InChI=1S/C14H23NO/c16-14(11-10-12-6-4-5-7-12)15-13-8-2-1-3-9-13/h10-13H,1-9H2,(H,15,16). The van der Waals surface area contributed by atoms with Crippen molar-refractivity contribution in [2.75, 3.05) is 0 Å². The van der Waals surface area contributed by atoms with E-state index in [0.717, 1.165) is 0 Å². The van der Waals surface area contributed by atoms with Crippen LogP contribution in [0.3, 0.4) is 0 Å². The normalized spacial score (nSPS) is 24.0. The van der Waals surface area contributed by atoms with Crippen LogP contribution in [0.1, 0.15) is 57.8 Å². The largest absolute Gasteiger partial charge is 0.350 e. The van der Waals surface area contributed by atoms with Crippen molar-refractivity contribution >= 4 is 5.91 Å². The molecule has 0 atom stereocenters. The minimum atomic E-state index is 0.124. The summed E-state index contributed by atoms with van der Waals surface area (Å²) in [6, 6.07) is 0.439. The monoisotopic (exact) mass is 221 g/mol. The van der Waals surface area contributed by atoms with Crippen LogP contribution in [-0.2, 0) is 4.79 Å². The van der Waals surface area contributed by atoms with Gasteiger partial charge in [-0.2, -0.15) is 0 Å². The van der Waals surface area contributed by atoms with E-state index in [4.69, 9.17) is 0 Å². The molecule has 2 nitrogen and oxygen atoms in total. The lowest BCUT2D eigenvalue weighted by molar-refractivity contribution is -0.117. The fraction of sp³-hybridized carbons (Fsp3) is 0.786. The van der Waals surface area contributed by atoms with E-state index in [2.05, 4.69) is 11.4 Å². The number of hydrogen-bond donors (Lipinski definition) is 1. The van der Waals surface area contributed by atoms with Crippen molar-refractivity contribution in [3.8, 4) is 0 Å². The van der Waals surface area contributed by atoms with Crippen molar-refractivity contribution in [1.82, 2.24) is 5.32 Å². The molecule has 2 rings (SSSR count). The summed E-state index contributed by atoms with van der Waals surface area (Å²) in [7, 11) is 0. The van der Waals surface area contributed by atoms with Gasteiger partial charge < -0.3 is 5.32 Å². The first-order valence-electron chi connectivity index (χ1n) is 6.83. The summed E-state index contributed by atoms with van der Waals surface area (Å²) >= 11 is 0. The zero-order valence-corrected chi connectivity index (χ0v) is 10.1. The van der Waals surface area contributed by atoms with Gasteiger partial charge in [0.25, 0.3) is 0 Å². The van der Waals surface area contributed by atoms with Gasteiger partial charge in [0.1, 0.15) is 0 Å². The molecule has 0 aliphatic heterocycles. The van der Waals surface area contributed by atoms with Crippen LogP contribution in [0.25, 0.3) is 0 Å². The Kier molecular flexibility index (Phi) is 4.44. The summed E-state index contributed by atoms with van der Waals surface area (Å²) in [4.78, 5) is 11.7. The van der Waals surface area contributed by atoms with Gasteiger partial charge in [0.2, 0.25) is 5.91 Å². The van der Waals surface area contributed by atoms with Crippen molar-refractivity contribution in [3.05, 3.63) is 12.2 Å². The van der Waals surface area contributed by atoms with Crippen LogP contribution < -0.4 is 5.32 Å². The van der Waals surface area contributed by atoms with Crippen molar-refractivity contribution < 1.29 is 4.79 Å². The first kappa shape index (κ1) is 11.7. The Hall–Kier alpha value is -0.790. The summed E-state index contributed by atoms with van der Waals surface area (Å²) in [5.74, 6) is 0.788. The molecule has 16 heavy (non-hydrogen) atoms. The van der Waals surface area contributed by atoms with Crippen LogP contribution in [0.5, 0.6) is 0 Å². The minimum Gasteiger partial charge on any atom is -0.350 e. The Bertz CT molecular complexity index is 247. The van der Waals surface area contributed by atoms with Gasteiger partial charge in [-0.3, -0.25) is 4.79 Å². The van der Waals surface area contributed by atoms with E-state index in [1.165, 1.54) is 57.8 Å². The zero-order chi connectivity index (χ0) is 11.2. The molecule has 1 amide bonds. The molecule has 2 aliphatic rings. The lowest BCUT2D eigenvalue weighted by Crippen LogP contribution is -2.35. The van der Waals surface area contributed by atoms with Gasteiger partial charge in [-0.15, -0.1) is 0 Å². The quantitative estimate of drug-likeness (QED) is 0.729. The van der Waals surface area contributed by atoms with Crippen LogP contribution in [-0.4, -0.2) is 11.9 Å². The molecule has 2 aliphatic carbocycles. The van der Waals surface area contributed by atoms with Crippen LogP contribution in [0.4, 0.5) is 0 Å². The fourth-order valence-corrected chi connectivity index (χ4v) is 2.87. The Balaban J connectivity index is 1.70. The first-order chi connectivity index (χ1) is 7.84. The molecule has 0 unspecified atom stereocenters. The molecule has 0 heterocycles. The van der Waals surface area contributed by atoms with Gasteiger partial charge in [0, 0.05) is 6.04 Å². The lowest BCUT2D eigenvalue weighted by atomic mass is 9.95. The van der Waals surface area contributed by atoms with E-state index in [0.29, 0.717) is 12.0 Å². The van der Waals surface area contributed by atoms with E-state index in [1.807, 2.05) is 0 Å². The number of carbonyl (C=O) groups excluding carboxylic acids is 1. The highest BCUT2D eigenvalue weighted by Gasteiger charge is 2.15. The van der Waals surface area contributed by atoms with Gasteiger partial charge in [0.05, 0.1) is 0 Å². The van der Waals surface area contributed by atoms with E-state index >= 15 is 0 Å². The maximum Gasteiger partial charge on any atom is 0.243 e. The highest BCUT2D eigenvalue weighted by molar-refractivity contribution is 5.87. The van der Waals surface area contributed by atoms with Crippen LogP contribution in [0.2, 0.25) is 0 Å². The van der Waals surface area contributed by atoms with Crippen molar-refractivity contribution in [2.24, 2.45) is 5.92 Å². The number of allylic oxidation sites excluding steroid dienone is 1. The molecule has 90 valence electrons. The van der Waals surface area contributed by atoms with E-state index in [1.54, 1.807) is 6.08 Å². The number of nitrogens with one attached hydrogen (secondary N) is 1. The average Bonchev–Trinajstić information content (AvgIpc) is 2.81. The smallest absolute Gasteiger partial charge is 0.243 e. The van der Waals surface area contributed by atoms with Gasteiger partial charge in [-0.1, -0.05) is 38.2 Å². The van der Waals surface area contributed by atoms with E-state index < -0.39 is 0 Å². The molecular weight excluding hydrogens is 198 g/mol. The second-order valence-corrected chi connectivity index (χ2v) is 5.25. The molecule has 0 aromatic heterocycles. The maximum absolute atomic E-state index is 11.7. The molecule has 0 spiro atoms. The third-order valence-corrected chi connectivity index (χ3v) is 3.87. The molecular formula is C14H23NO. The molecule has 0 bridgehead atoms. The minimum absolute atomic E-state index is 0.124. The van der Waals surface area contributed by atoms with Crippen molar-refractivity contribution in [2.45, 2.75) is 63.8 Å². The molecule has 0 aromatic carbocycles. The third kappa shape index (κ3) is 3.66. The molecule has 2 saturated carbocycles. The molecule has 1 N–H and O–H groups in total. The van der Waals surface area contributed by atoms with Gasteiger partial charge in [-0.05, 0) is 37.7 Å². The summed E-state index contributed by atoms with van der Waals surface area (Å²) < 4.78 is 0. The second kappa shape index (κ2) is 6.07. The number of carbonyl (C=O) groups is 1. The highest BCUT2D eigenvalue weighted by Crippen LogP contribution is 2.25. The SMILES string of the molecule is O=C(C=CC1CCCC1)NC1CCCCC1. The molecule has 0 radical (unpaired) electrons. The Morgan fingerprint density at radius 2 is 1.56 bits per heavy atom. The van der Waals surface area contributed by atoms with Crippen molar-refractivity contribution in [1.29, 1.82) is 0 Å². The summed E-state index contributed by atoms with van der Waals surface area (Å²) in [5.41, 5.74) is 0. The molecule has 0 aromatic rings. The predicted octanol–water partition coefficient (Wildman–Crippen LogP) is 3.18. The Labute approximate surface area is 98.5 Å². The van der Waals surface area contributed by atoms with Gasteiger partial charge in [-0.25, -0.2) is 0 Å². The average molecular weight is 221 g/mol. The third-order valence-electron chi connectivity index (χ3n) is 3.87. The Morgan fingerprint density at radius 3 is 2.25 bits per heavy atom. The van der Waals surface area contributed by atoms with Gasteiger partial charge >= 0.3 is 0 Å². The highest BCUT2D eigenvalue weighted by atomic mass is 16.1. The zero-order valence-electron chi connectivity index (χ0n) is 10.1. The summed E-state index contributed by atoms with van der Waals surface area (Å²) in [5, 5.41) is 3.12. The Morgan fingerprint density at radius 1 is 0.938 bits per heavy atom. The van der Waals surface area contributed by atoms with Crippen LogP contribution in [0.15, 0.2) is 12.2 Å². The van der Waals surface area contributed by atoms with Gasteiger partial charge in [0.15, 0.2) is 0 Å². The van der Waals surface area contributed by atoms with E-state index in [-0.39, 0.29) is 5.91 Å². The van der Waals surface area contributed by atoms with Crippen LogP contribution in [0, 0.1) is 5.92 Å². The first-order valence-corrected chi connectivity index (χ1v) is 6.83. The van der Waals surface area contributed by atoms with Crippen LogP contribution >= 0.6 is 0 Å². The lowest BCUT2D eigenvalue weighted by Gasteiger charge is -2.22. The van der Waals surface area contributed by atoms with Crippen molar-refractivity contribution in [3.63, 3.8) is 0 Å². The maximum atomic E-state index is 11.7. The predicted molar refractivity (Wildman–Crippen MR) is 66.1 cm³/mol. The number of hydrogen-bond acceptors (Lipinski definition) is 1. The number of rotatable bonds is 3. The number of amides is 1. The topological polar surface area (TPSA) is 29.1 Å². The van der Waals surface area contributed by atoms with E-state index in [9.17, 15) is 4.79 Å². The fourth-order valence-electron chi connectivity index (χ4n) is 2.87. The molecule has 0 saturated heterocycles. The molecule has 2 fully saturated rings. The molecule has 2 heteroatoms.